The van der Waals surface area contributed by atoms with E-state index in [0.717, 1.165) is 24.1 Å². The number of hydrogen-bond acceptors (Lipinski definition) is 3. The third-order valence-electron chi connectivity index (χ3n) is 5.69. The number of carbonyl (C=O) groups is 2. The molecule has 0 aromatic heterocycles. The molecule has 1 heterocycles. The van der Waals surface area contributed by atoms with Crippen molar-refractivity contribution in [2.45, 2.75) is 31.3 Å². The predicted octanol–water partition coefficient (Wildman–Crippen LogP) is 4.64. The Morgan fingerprint density at radius 1 is 0.931 bits per heavy atom. The van der Waals surface area contributed by atoms with Gasteiger partial charge in [0.1, 0.15) is 6.42 Å². The number of piperazine rings is 1. The third kappa shape index (κ3) is 4.51. The van der Waals surface area contributed by atoms with Crippen molar-refractivity contribution < 1.29 is 14.7 Å². The van der Waals surface area contributed by atoms with E-state index in [1.54, 1.807) is 4.90 Å². The van der Waals surface area contributed by atoms with Gasteiger partial charge in [0.05, 0.1) is 12.1 Å². The fraction of sp³-hybridized carbons (Fsp3) is 0.364. The minimum atomic E-state index is -1.10. The van der Waals surface area contributed by atoms with E-state index in [2.05, 4.69) is 4.90 Å². The van der Waals surface area contributed by atoms with E-state index in [0.29, 0.717) is 29.1 Å². The van der Waals surface area contributed by atoms with E-state index in [1.165, 1.54) is 0 Å². The van der Waals surface area contributed by atoms with Gasteiger partial charge in [0, 0.05) is 28.8 Å². The van der Waals surface area contributed by atoms with Crippen LogP contribution in [0.3, 0.4) is 0 Å². The molecule has 1 aliphatic heterocycles. The Labute approximate surface area is 179 Å². The summed E-state index contributed by atoms with van der Waals surface area (Å²) in [7, 11) is 0. The molecule has 7 heteroatoms. The molecule has 152 valence electrons. The molecule has 1 saturated heterocycles. The summed E-state index contributed by atoms with van der Waals surface area (Å²) in [4.78, 5) is 27.8. The SMILES string of the molecule is O=C(O)CC(=O)N1C[C@H](C2CC2)N(c2ccc(Cl)cc2)[C@H](c2ccc(Cl)cc2)C1. The summed E-state index contributed by atoms with van der Waals surface area (Å²) in [6, 6.07) is 15.5. The highest BCUT2D eigenvalue weighted by molar-refractivity contribution is 6.30. The lowest BCUT2D eigenvalue weighted by Crippen LogP contribution is -2.57. The molecule has 0 radical (unpaired) electrons. The molecule has 1 N–H and O–H groups in total. The van der Waals surface area contributed by atoms with E-state index in [1.807, 2.05) is 48.5 Å². The molecule has 0 unspecified atom stereocenters. The number of carboxylic acids is 1. The molecule has 4 rings (SSSR count). The van der Waals surface area contributed by atoms with Crippen molar-refractivity contribution in [3.63, 3.8) is 0 Å². The minimum absolute atomic E-state index is 0.0921. The Morgan fingerprint density at radius 3 is 2.07 bits per heavy atom. The van der Waals surface area contributed by atoms with Crippen LogP contribution in [-0.2, 0) is 9.59 Å². The van der Waals surface area contributed by atoms with Crippen LogP contribution in [0.2, 0.25) is 10.0 Å². The van der Waals surface area contributed by atoms with Gasteiger partial charge in [0.25, 0.3) is 0 Å². The molecule has 2 aliphatic rings. The maximum atomic E-state index is 12.6. The van der Waals surface area contributed by atoms with Gasteiger partial charge in [0.15, 0.2) is 0 Å². The van der Waals surface area contributed by atoms with E-state index in [4.69, 9.17) is 28.3 Å². The van der Waals surface area contributed by atoms with Gasteiger partial charge in [-0.2, -0.15) is 0 Å². The van der Waals surface area contributed by atoms with Crippen LogP contribution in [0.5, 0.6) is 0 Å². The number of hydrogen-bond donors (Lipinski definition) is 1. The summed E-state index contributed by atoms with van der Waals surface area (Å²) in [6.45, 7) is 0.961. The number of carbonyl (C=O) groups excluding carboxylic acids is 1. The van der Waals surface area contributed by atoms with Crippen molar-refractivity contribution in [1.82, 2.24) is 4.90 Å². The highest BCUT2D eigenvalue weighted by Crippen LogP contribution is 2.44. The van der Waals surface area contributed by atoms with Gasteiger partial charge >= 0.3 is 5.97 Å². The van der Waals surface area contributed by atoms with Crippen LogP contribution in [0, 0.1) is 5.92 Å². The maximum absolute atomic E-state index is 12.6. The van der Waals surface area contributed by atoms with E-state index < -0.39 is 12.4 Å². The number of amides is 1. The Hall–Kier alpha value is -2.24. The van der Waals surface area contributed by atoms with Gasteiger partial charge in [-0.15, -0.1) is 0 Å². The summed E-state index contributed by atoms with van der Waals surface area (Å²) in [5.41, 5.74) is 2.10. The number of nitrogens with zero attached hydrogens (tertiary/aromatic N) is 2. The van der Waals surface area contributed by atoms with Gasteiger partial charge < -0.3 is 14.9 Å². The number of carboxylic acid groups (broad SMARTS) is 1. The van der Waals surface area contributed by atoms with Crippen LogP contribution in [0.15, 0.2) is 48.5 Å². The van der Waals surface area contributed by atoms with E-state index in [9.17, 15) is 9.59 Å². The van der Waals surface area contributed by atoms with Crippen molar-refractivity contribution in [3.8, 4) is 0 Å². The lowest BCUT2D eigenvalue weighted by Gasteiger charge is -2.49. The summed E-state index contributed by atoms with van der Waals surface area (Å²) in [5, 5.41) is 10.4. The Balaban J connectivity index is 1.73. The second-order valence-electron chi connectivity index (χ2n) is 7.73. The molecule has 1 amide bonds. The molecule has 2 aromatic carbocycles. The summed E-state index contributed by atoms with van der Waals surface area (Å²) in [6.07, 6.45) is 1.75. The number of rotatable bonds is 5. The largest absolute Gasteiger partial charge is 0.481 e. The van der Waals surface area contributed by atoms with Crippen molar-refractivity contribution in [1.29, 1.82) is 0 Å². The number of anilines is 1. The molecule has 1 aliphatic carbocycles. The quantitative estimate of drug-likeness (QED) is 0.699. The van der Waals surface area contributed by atoms with Crippen LogP contribution < -0.4 is 4.90 Å². The van der Waals surface area contributed by atoms with Crippen LogP contribution in [0.1, 0.15) is 30.9 Å². The summed E-state index contributed by atoms with van der Waals surface area (Å²) in [5.74, 6) is -0.945. The Morgan fingerprint density at radius 2 is 1.52 bits per heavy atom. The maximum Gasteiger partial charge on any atom is 0.312 e. The highest BCUT2D eigenvalue weighted by Gasteiger charge is 2.44. The van der Waals surface area contributed by atoms with Crippen LogP contribution in [-0.4, -0.2) is 41.0 Å². The standard InChI is InChI=1S/C22H22Cl2N2O3/c23-16-5-3-15(4-6-16)20-13-25(21(27)11-22(28)29)12-19(14-1-2-14)26(20)18-9-7-17(24)8-10-18/h3-10,14,19-20H,1-2,11-13H2,(H,28,29)/t19-,20+/m1/s1. The first-order valence-corrected chi connectivity index (χ1v) is 10.5. The number of halogens is 2. The second kappa shape index (κ2) is 8.25. The topological polar surface area (TPSA) is 60.9 Å². The normalized spacial score (nSPS) is 21.9. The van der Waals surface area contributed by atoms with E-state index >= 15 is 0 Å². The Bertz CT molecular complexity index is 897. The fourth-order valence-corrected chi connectivity index (χ4v) is 4.41. The molecule has 5 nitrogen and oxygen atoms in total. The van der Waals surface area contributed by atoms with Crippen molar-refractivity contribution in [3.05, 3.63) is 64.1 Å². The summed E-state index contributed by atoms with van der Waals surface area (Å²) < 4.78 is 0. The first-order chi connectivity index (χ1) is 13.9. The van der Waals surface area contributed by atoms with Crippen LogP contribution in [0.25, 0.3) is 0 Å². The lowest BCUT2D eigenvalue weighted by molar-refractivity contribution is -0.144. The Kier molecular flexibility index (Phi) is 5.70. The van der Waals surface area contributed by atoms with Gasteiger partial charge in [-0.1, -0.05) is 35.3 Å². The monoisotopic (exact) mass is 432 g/mol. The van der Waals surface area contributed by atoms with Crippen molar-refractivity contribution in [2.24, 2.45) is 5.92 Å². The van der Waals surface area contributed by atoms with Crippen LogP contribution >= 0.6 is 23.2 Å². The zero-order chi connectivity index (χ0) is 20.5. The molecule has 1 saturated carbocycles. The molecule has 2 fully saturated rings. The van der Waals surface area contributed by atoms with Gasteiger partial charge in [-0.05, 0) is 60.7 Å². The molecule has 0 spiro atoms. The van der Waals surface area contributed by atoms with Crippen molar-refractivity contribution >= 4 is 40.8 Å². The zero-order valence-electron chi connectivity index (χ0n) is 15.8. The smallest absolute Gasteiger partial charge is 0.312 e. The van der Waals surface area contributed by atoms with Crippen molar-refractivity contribution in [2.75, 3.05) is 18.0 Å². The molecule has 2 atom stereocenters. The van der Waals surface area contributed by atoms with Gasteiger partial charge in [-0.3, -0.25) is 9.59 Å². The van der Waals surface area contributed by atoms with Gasteiger partial charge in [0.2, 0.25) is 5.91 Å². The lowest BCUT2D eigenvalue weighted by atomic mass is 9.95. The molecule has 0 bridgehead atoms. The minimum Gasteiger partial charge on any atom is -0.481 e. The van der Waals surface area contributed by atoms with Crippen LogP contribution in [0.4, 0.5) is 5.69 Å². The molecular formula is C22H22Cl2N2O3. The molecular weight excluding hydrogens is 411 g/mol. The predicted molar refractivity (Wildman–Crippen MR) is 113 cm³/mol. The zero-order valence-corrected chi connectivity index (χ0v) is 17.3. The number of benzene rings is 2. The molecule has 29 heavy (non-hydrogen) atoms. The molecule has 2 aromatic rings. The fourth-order valence-electron chi connectivity index (χ4n) is 4.15. The van der Waals surface area contributed by atoms with E-state index in [-0.39, 0.29) is 18.0 Å². The first-order valence-electron chi connectivity index (χ1n) is 9.71. The second-order valence-corrected chi connectivity index (χ2v) is 8.60. The first kappa shape index (κ1) is 20.0. The summed E-state index contributed by atoms with van der Waals surface area (Å²) >= 11 is 12.2. The average molecular weight is 433 g/mol. The van der Waals surface area contributed by atoms with Gasteiger partial charge in [-0.25, -0.2) is 0 Å². The third-order valence-corrected chi connectivity index (χ3v) is 6.20. The number of aliphatic carboxylic acids is 1. The highest BCUT2D eigenvalue weighted by atomic mass is 35.5. The average Bonchev–Trinajstić information content (AvgIpc) is 3.53.